The van der Waals surface area contributed by atoms with Gasteiger partial charge in [-0.25, -0.2) is 9.13 Å². The minimum absolute atomic E-state index is 0. The number of aryl methyl sites for hydroxylation is 1. The molecule has 22 heavy (non-hydrogen) atoms. The Hall–Kier alpha value is 0.459. The van der Waals surface area contributed by atoms with Gasteiger partial charge >= 0.3 is 17.1 Å². The predicted octanol–water partition coefficient (Wildman–Crippen LogP) is 0.00390. The predicted molar refractivity (Wildman–Crippen MR) is 81.5 cm³/mol. The molecular formula is C18H23FeIN2+2. The van der Waals surface area contributed by atoms with Crippen molar-refractivity contribution in [2.24, 2.45) is 0 Å². The number of nitrogens with zero attached hydrogens (tertiary/aromatic N) is 2. The molecule has 0 aliphatic heterocycles. The number of imidazole rings is 1. The van der Waals surface area contributed by atoms with Crippen LogP contribution in [0.25, 0.3) is 0 Å². The Balaban J connectivity index is 0.000000542. The van der Waals surface area contributed by atoms with E-state index >= 15 is 0 Å². The number of hydrogen-bond acceptors (Lipinski definition) is 0. The molecule has 0 saturated heterocycles. The summed E-state index contributed by atoms with van der Waals surface area (Å²) in [4.78, 5) is 0. The number of rotatable bonds is 5. The Morgan fingerprint density at radius 3 is 2.09 bits per heavy atom. The van der Waals surface area contributed by atoms with Crippen LogP contribution in [0.5, 0.6) is 0 Å². The first-order chi connectivity index (χ1) is 9.88. The van der Waals surface area contributed by atoms with E-state index in [4.69, 9.17) is 0 Å². The first-order valence-electron chi connectivity index (χ1n) is 7.30. The van der Waals surface area contributed by atoms with Crippen molar-refractivity contribution in [1.29, 1.82) is 0 Å². The van der Waals surface area contributed by atoms with Gasteiger partial charge in [0.1, 0.15) is 12.4 Å². The van der Waals surface area contributed by atoms with Crippen LogP contribution in [0, 0.1) is 63.7 Å². The van der Waals surface area contributed by atoms with E-state index in [9.17, 15) is 0 Å². The molecule has 1 heterocycles. The Morgan fingerprint density at radius 2 is 1.55 bits per heavy atom. The van der Waals surface area contributed by atoms with Crippen LogP contribution in [-0.4, -0.2) is 4.57 Å². The Kier molecular flexibility index (Phi) is 14.1. The van der Waals surface area contributed by atoms with Crippen molar-refractivity contribution in [2.45, 2.75) is 32.9 Å². The van der Waals surface area contributed by atoms with E-state index in [1.165, 1.54) is 18.8 Å². The van der Waals surface area contributed by atoms with Crippen LogP contribution in [-0.2, 0) is 30.2 Å². The zero-order chi connectivity index (χ0) is 14.0. The van der Waals surface area contributed by atoms with Gasteiger partial charge in [0.05, 0.1) is 13.1 Å². The molecule has 0 amide bonds. The second kappa shape index (κ2) is 13.9. The quantitative estimate of drug-likeness (QED) is 0.340. The van der Waals surface area contributed by atoms with E-state index in [1.807, 2.05) is 32.1 Å². The minimum Gasteiger partial charge on any atom is -1.00 e. The molecule has 0 unspecified atom stereocenters. The summed E-state index contributed by atoms with van der Waals surface area (Å²) in [6.45, 7) is 4.33. The molecule has 2 fully saturated rings. The maximum atomic E-state index is 2.26. The SMILES string of the molecule is CCCCn1cc[n+](C[C]2[CH][CH][CH][CH]2)c1.[CH]1[CH][CH][CH][CH]1.[Fe+2].[I-]. The average Bonchev–Trinajstić information content (AvgIpc) is 3.21. The van der Waals surface area contributed by atoms with Crippen LogP contribution < -0.4 is 28.5 Å². The van der Waals surface area contributed by atoms with Gasteiger partial charge in [-0.05, 0) is 64.2 Å². The van der Waals surface area contributed by atoms with E-state index in [0.29, 0.717) is 0 Å². The summed E-state index contributed by atoms with van der Waals surface area (Å²) in [7, 11) is 0. The Labute approximate surface area is 164 Å². The second-order valence-electron chi connectivity index (χ2n) is 4.93. The number of aromatic nitrogens is 2. The third-order valence-electron chi connectivity index (χ3n) is 3.17. The minimum atomic E-state index is 0. The summed E-state index contributed by atoms with van der Waals surface area (Å²) in [6, 6.07) is 0. The van der Waals surface area contributed by atoms with Gasteiger partial charge in [-0.1, -0.05) is 13.3 Å². The van der Waals surface area contributed by atoms with Crippen LogP contribution in [0.3, 0.4) is 0 Å². The van der Waals surface area contributed by atoms with Crippen molar-refractivity contribution in [2.75, 3.05) is 0 Å². The summed E-state index contributed by atoms with van der Waals surface area (Å²) >= 11 is 0. The molecule has 2 aliphatic carbocycles. The van der Waals surface area contributed by atoms with E-state index < -0.39 is 0 Å². The van der Waals surface area contributed by atoms with Gasteiger partial charge in [0.2, 0.25) is 6.33 Å². The molecule has 3 rings (SSSR count). The maximum absolute atomic E-state index is 2.26. The zero-order valence-electron chi connectivity index (χ0n) is 12.9. The van der Waals surface area contributed by atoms with Gasteiger partial charge < -0.3 is 24.0 Å². The van der Waals surface area contributed by atoms with Gasteiger partial charge in [0.25, 0.3) is 0 Å². The van der Waals surface area contributed by atoms with Crippen molar-refractivity contribution in [3.05, 3.63) is 82.4 Å². The van der Waals surface area contributed by atoms with E-state index in [1.54, 1.807) is 0 Å². The van der Waals surface area contributed by atoms with Crippen LogP contribution in [0.1, 0.15) is 19.8 Å². The Morgan fingerprint density at radius 1 is 0.955 bits per heavy atom. The van der Waals surface area contributed by atoms with Gasteiger partial charge in [0.15, 0.2) is 0 Å². The number of unbranched alkanes of at least 4 members (excludes halogenated alkanes) is 1. The smallest absolute Gasteiger partial charge is 1.00 e. The summed E-state index contributed by atoms with van der Waals surface area (Å²) in [5.74, 6) is 1.37. The fourth-order valence-corrected chi connectivity index (χ4v) is 2.06. The van der Waals surface area contributed by atoms with Crippen LogP contribution in [0.2, 0.25) is 0 Å². The summed E-state index contributed by atoms with van der Waals surface area (Å²) in [5, 5.41) is 0. The van der Waals surface area contributed by atoms with Crippen molar-refractivity contribution < 1.29 is 45.6 Å². The van der Waals surface area contributed by atoms with E-state index in [2.05, 4.69) is 60.5 Å². The molecule has 4 heteroatoms. The van der Waals surface area contributed by atoms with Gasteiger partial charge in [-0.2, -0.15) is 0 Å². The zero-order valence-corrected chi connectivity index (χ0v) is 16.1. The van der Waals surface area contributed by atoms with Crippen LogP contribution >= 0.6 is 0 Å². The van der Waals surface area contributed by atoms with Gasteiger partial charge in [-0.3, -0.25) is 0 Å². The summed E-state index contributed by atoms with van der Waals surface area (Å²) < 4.78 is 4.48. The van der Waals surface area contributed by atoms with Crippen LogP contribution in [0.4, 0.5) is 0 Å². The number of halogens is 1. The molecular weight excluding hydrogens is 427 g/mol. The molecule has 1 aromatic rings. The molecule has 0 bridgehead atoms. The molecule has 118 valence electrons. The average molecular weight is 450 g/mol. The topological polar surface area (TPSA) is 8.81 Å². The third kappa shape index (κ3) is 8.93. The first-order valence-corrected chi connectivity index (χ1v) is 7.30. The molecule has 2 saturated carbocycles. The molecule has 0 spiro atoms. The normalized spacial score (nSPS) is 17.3. The van der Waals surface area contributed by atoms with Crippen molar-refractivity contribution in [1.82, 2.24) is 4.57 Å². The molecule has 1 aromatic heterocycles. The third-order valence-corrected chi connectivity index (χ3v) is 3.17. The number of hydrogen-bond donors (Lipinski definition) is 0. The largest absolute Gasteiger partial charge is 2.00 e. The standard InChI is InChI=1S/C13H18N2.C5H5.Fe.HI/c1-2-3-8-14-9-10-15(12-14)11-13-6-4-5-7-13;1-2-4-5-3-1;;/h4-7,9-10,12H,2-3,8,11H2,1H3;1-5H;;1H/q+1;;+2;/p-1. The van der Waals surface area contributed by atoms with Crippen molar-refractivity contribution in [3.63, 3.8) is 0 Å². The van der Waals surface area contributed by atoms with E-state index in [-0.39, 0.29) is 41.0 Å². The first kappa shape index (κ1) is 22.5. The fraction of sp³-hybridized carbons (Fsp3) is 0.278. The molecule has 2 nitrogen and oxygen atoms in total. The second-order valence-corrected chi connectivity index (χ2v) is 4.93. The van der Waals surface area contributed by atoms with Crippen LogP contribution in [0.15, 0.2) is 18.7 Å². The van der Waals surface area contributed by atoms with Gasteiger partial charge in [-0.15, -0.1) is 0 Å². The fourth-order valence-electron chi connectivity index (χ4n) is 2.06. The molecule has 10 radical (unpaired) electrons. The Bertz CT molecular complexity index is 350. The molecule has 0 atom stereocenters. The monoisotopic (exact) mass is 450 g/mol. The maximum Gasteiger partial charge on any atom is 2.00 e. The summed E-state index contributed by atoms with van der Waals surface area (Å²) in [5.41, 5.74) is 0. The molecule has 2 aliphatic rings. The van der Waals surface area contributed by atoms with E-state index in [0.717, 1.165) is 13.1 Å². The summed E-state index contributed by atoms with van der Waals surface area (Å²) in [6.07, 6.45) is 27.5. The molecule has 0 N–H and O–H groups in total. The van der Waals surface area contributed by atoms with Gasteiger partial charge in [0, 0.05) is 5.92 Å². The molecule has 0 aromatic carbocycles. The van der Waals surface area contributed by atoms with Crippen molar-refractivity contribution >= 4 is 0 Å². The van der Waals surface area contributed by atoms with Crippen molar-refractivity contribution in [3.8, 4) is 0 Å².